The lowest BCUT2D eigenvalue weighted by atomic mass is 10.1. The molecule has 4 nitrogen and oxygen atoms in total. The summed E-state index contributed by atoms with van der Waals surface area (Å²) < 4.78 is 5.95. The van der Waals surface area contributed by atoms with Crippen LogP contribution in [-0.4, -0.2) is 22.6 Å². The fraction of sp³-hybridized carbons (Fsp3) is 0.238. The van der Waals surface area contributed by atoms with Crippen LogP contribution < -0.4 is 4.74 Å². The molecule has 0 radical (unpaired) electrons. The van der Waals surface area contributed by atoms with E-state index < -0.39 is 0 Å². The van der Waals surface area contributed by atoms with E-state index >= 15 is 0 Å². The molecular formula is C21H21NO3S. The van der Waals surface area contributed by atoms with Gasteiger partial charge in [-0.25, -0.2) is 0 Å². The highest BCUT2D eigenvalue weighted by Crippen LogP contribution is 2.34. The summed E-state index contributed by atoms with van der Waals surface area (Å²) in [4.78, 5) is 26.1. The lowest BCUT2D eigenvalue weighted by Crippen LogP contribution is -2.28. The zero-order chi connectivity index (χ0) is 18.5. The normalized spacial score (nSPS) is 15.8. The van der Waals surface area contributed by atoms with Gasteiger partial charge in [-0.2, -0.15) is 0 Å². The van der Waals surface area contributed by atoms with Crippen molar-refractivity contribution in [2.24, 2.45) is 0 Å². The minimum atomic E-state index is -0.227. The third kappa shape index (κ3) is 4.17. The SMILES string of the molecule is CCCN1C(=O)S/C(=C/c2ccccc2OCc2ccc(C)cc2)C1=O. The molecule has 0 saturated carbocycles. The first-order valence-corrected chi connectivity index (χ1v) is 9.43. The Morgan fingerprint density at radius 3 is 2.54 bits per heavy atom. The number of ether oxygens (including phenoxy) is 1. The van der Waals surface area contributed by atoms with Crippen LogP contribution in [0.15, 0.2) is 53.4 Å². The van der Waals surface area contributed by atoms with Gasteiger partial charge < -0.3 is 4.74 Å². The van der Waals surface area contributed by atoms with Crippen LogP contribution in [0.2, 0.25) is 0 Å². The van der Waals surface area contributed by atoms with Crippen molar-refractivity contribution >= 4 is 29.0 Å². The summed E-state index contributed by atoms with van der Waals surface area (Å²) in [5.41, 5.74) is 3.08. The second kappa shape index (κ2) is 8.23. The Balaban J connectivity index is 1.78. The number of hydrogen-bond acceptors (Lipinski definition) is 4. The number of carbonyl (C=O) groups excluding carboxylic acids is 2. The Kier molecular flexibility index (Phi) is 5.78. The van der Waals surface area contributed by atoms with E-state index in [0.717, 1.165) is 29.3 Å². The van der Waals surface area contributed by atoms with Gasteiger partial charge >= 0.3 is 0 Å². The van der Waals surface area contributed by atoms with Gasteiger partial charge in [0.15, 0.2) is 0 Å². The van der Waals surface area contributed by atoms with Gasteiger partial charge in [-0.3, -0.25) is 14.5 Å². The molecule has 1 fully saturated rings. The predicted octanol–water partition coefficient (Wildman–Crippen LogP) is 5.02. The number of para-hydroxylation sites is 1. The number of thioether (sulfide) groups is 1. The number of rotatable bonds is 6. The molecule has 1 saturated heterocycles. The average Bonchev–Trinajstić information content (AvgIpc) is 2.90. The van der Waals surface area contributed by atoms with Crippen LogP contribution in [0.25, 0.3) is 6.08 Å². The van der Waals surface area contributed by atoms with E-state index in [9.17, 15) is 9.59 Å². The van der Waals surface area contributed by atoms with Crippen molar-refractivity contribution in [3.63, 3.8) is 0 Å². The summed E-state index contributed by atoms with van der Waals surface area (Å²) in [6.07, 6.45) is 2.49. The summed E-state index contributed by atoms with van der Waals surface area (Å²) in [6, 6.07) is 15.7. The van der Waals surface area contributed by atoms with E-state index in [0.29, 0.717) is 23.8 Å². The van der Waals surface area contributed by atoms with Crippen LogP contribution in [0, 0.1) is 6.92 Å². The summed E-state index contributed by atoms with van der Waals surface area (Å²) in [6.45, 7) is 4.89. The van der Waals surface area contributed by atoms with Crippen LogP contribution in [0.5, 0.6) is 5.75 Å². The predicted molar refractivity (Wildman–Crippen MR) is 105 cm³/mol. The first-order chi connectivity index (χ1) is 12.6. The molecule has 5 heteroatoms. The van der Waals surface area contributed by atoms with Crippen LogP contribution in [0.3, 0.4) is 0 Å². The number of imide groups is 1. The number of hydrogen-bond donors (Lipinski definition) is 0. The van der Waals surface area contributed by atoms with Crippen molar-refractivity contribution in [1.29, 1.82) is 0 Å². The Labute approximate surface area is 157 Å². The van der Waals surface area contributed by atoms with Crippen LogP contribution in [-0.2, 0) is 11.4 Å². The molecule has 3 rings (SSSR count). The highest BCUT2D eigenvalue weighted by atomic mass is 32.2. The Bertz CT molecular complexity index is 843. The standard InChI is InChI=1S/C21H21NO3S/c1-3-12-22-20(23)19(26-21(22)24)13-17-6-4-5-7-18(17)25-14-16-10-8-15(2)9-11-16/h4-11,13H,3,12,14H2,1-2H3/b19-13+. The summed E-state index contributed by atoms with van der Waals surface area (Å²) in [5, 5.41) is -0.207. The van der Waals surface area contributed by atoms with Crippen LogP contribution in [0.4, 0.5) is 4.79 Å². The number of amides is 2. The molecule has 0 atom stereocenters. The Hall–Kier alpha value is -2.53. The van der Waals surface area contributed by atoms with Gasteiger partial charge in [-0.15, -0.1) is 0 Å². The van der Waals surface area contributed by atoms with E-state index in [1.54, 1.807) is 6.08 Å². The van der Waals surface area contributed by atoms with Crippen molar-refractivity contribution in [3.05, 3.63) is 70.1 Å². The molecule has 0 aromatic heterocycles. The van der Waals surface area contributed by atoms with Gasteiger partial charge in [-0.05, 0) is 42.8 Å². The van der Waals surface area contributed by atoms with E-state index in [4.69, 9.17) is 4.74 Å². The zero-order valence-electron chi connectivity index (χ0n) is 14.9. The van der Waals surface area contributed by atoms with E-state index in [2.05, 4.69) is 0 Å². The maximum absolute atomic E-state index is 12.4. The average molecular weight is 367 g/mol. The summed E-state index contributed by atoms with van der Waals surface area (Å²) in [7, 11) is 0. The zero-order valence-corrected chi connectivity index (χ0v) is 15.7. The number of benzene rings is 2. The monoisotopic (exact) mass is 367 g/mol. The molecule has 26 heavy (non-hydrogen) atoms. The fourth-order valence-electron chi connectivity index (χ4n) is 2.63. The third-order valence-electron chi connectivity index (χ3n) is 4.04. The lowest BCUT2D eigenvalue weighted by Gasteiger charge is -2.11. The molecule has 0 unspecified atom stereocenters. The molecule has 2 amide bonds. The van der Waals surface area contributed by atoms with Gasteiger partial charge in [0, 0.05) is 12.1 Å². The third-order valence-corrected chi connectivity index (χ3v) is 4.95. The number of nitrogens with zero attached hydrogens (tertiary/aromatic N) is 1. The van der Waals surface area contributed by atoms with Gasteiger partial charge in [0.2, 0.25) is 0 Å². The van der Waals surface area contributed by atoms with Gasteiger partial charge in [0.1, 0.15) is 12.4 Å². The molecule has 2 aromatic rings. The molecule has 0 aliphatic carbocycles. The second-order valence-electron chi connectivity index (χ2n) is 6.15. The van der Waals surface area contributed by atoms with Gasteiger partial charge in [0.25, 0.3) is 11.1 Å². The second-order valence-corrected chi connectivity index (χ2v) is 7.14. The molecule has 1 aliphatic heterocycles. The largest absolute Gasteiger partial charge is 0.488 e. The van der Waals surface area contributed by atoms with E-state index in [1.807, 2.05) is 62.4 Å². The number of carbonyl (C=O) groups is 2. The Morgan fingerprint density at radius 2 is 1.81 bits per heavy atom. The van der Waals surface area contributed by atoms with Crippen molar-refractivity contribution in [2.45, 2.75) is 26.9 Å². The first-order valence-electron chi connectivity index (χ1n) is 8.61. The molecule has 1 heterocycles. The molecule has 2 aromatic carbocycles. The molecule has 0 spiro atoms. The van der Waals surface area contributed by atoms with Gasteiger partial charge in [0.05, 0.1) is 4.91 Å². The summed E-state index contributed by atoms with van der Waals surface area (Å²) >= 11 is 0.984. The molecule has 0 bridgehead atoms. The van der Waals surface area contributed by atoms with Crippen LogP contribution >= 0.6 is 11.8 Å². The Morgan fingerprint density at radius 1 is 1.08 bits per heavy atom. The molecule has 0 N–H and O–H groups in total. The van der Waals surface area contributed by atoms with Crippen LogP contribution in [0.1, 0.15) is 30.0 Å². The van der Waals surface area contributed by atoms with Crippen molar-refractivity contribution in [2.75, 3.05) is 6.54 Å². The quantitative estimate of drug-likeness (QED) is 0.673. The first kappa shape index (κ1) is 18.3. The molecular weight excluding hydrogens is 346 g/mol. The van der Waals surface area contributed by atoms with Gasteiger partial charge in [-0.1, -0.05) is 55.0 Å². The smallest absolute Gasteiger partial charge is 0.293 e. The topological polar surface area (TPSA) is 46.6 Å². The highest BCUT2D eigenvalue weighted by molar-refractivity contribution is 8.18. The van der Waals surface area contributed by atoms with E-state index in [1.165, 1.54) is 10.5 Å². The fourth-order valence-corrected chi connectivity index (χ4v) is 3.49. The minimum absolute atomic E-state index is 0.207. The maximum Gasteiger partial charge on any atom is 0.293 e. The van der Waals surface area contributed by atoms with Crippen molar-refractivity contribution < 1.29 is 14.3 Å². The molecule has 1 aliphatic rings. The molecule has 134 valence electrons. The van der Waals surface area contributed by atoms with E-state index in [-0.39, 0.29) is 11.1 Å². The van der Waals surface area contributed by atoms with Crippen molar-refractivity contribution in [1.82, 2.24) is 4.90 Å². The van der Waals surface area contributed by atoms with Crippen molar-refractivity contribution in [3.8, 4) is 5.75 Å². The highest BCUT2D eigenvalue weighted by Gasteiger charge is 2.34. The summed E-state index contributed by atoms with van der Waals surface area (Å²) in [5.74, 6) is 0.463. The number of aryl methyl sites for hydroxylation is 1. The lowest BCUT2D eigenvalue weighted by molar-refractivity contribution is -0.122. The minimum Gasteiger partial charge on any atom is -0.488 e. The maximum atomic E-state index is 12.4.